The van der Waals surface area contributed by atoms with Crippen LogP contribution in [0, 0.1) is 41.4 Å². The molecule has 0 amide bonds. The number of hydrogen-bond acceptors (Lipinski definition) is 10. The van der Waals surface area contributed by atoms with E-state index in [-0.39, 0.29) is 36.3 Å². The van der Waals surface area contributed by atoms with Crippen LogP contribution in [0.2, 0.25) is 0 Å². The van der Waals surface area contributed by atoms with Gasteiger partial charge in [0.05, 0.1) is 35.5 Å². The molecule has 0 aromatic carbocycles. The number of fused-ring (bicyclic) bond motifs is 1. The summed E-state index contributed by atoms with van der Waals surface area (Å²) in [5.41, 5.74) is 1.24. The van der Waals surface area contributed by atoms with Crippen LogP contribution in [0.5, 0.6) is 0 Å². The van der Waals surface area contributed by atoms with Gasteiger partial charge in [0, 0.05) is 31.5 Å². The van der Waals surface area contributed by atoms with Crippen molar-refractivity contribution in [2.24, 2.45) is 41.4 Å². The molecule has 2 aliphatic carbocycles. The van der Waals surface area contributed by atoms with Crippen LogP contribution in [0.15, 0.2) is 83.6 Å². The van der Waals surface area contributed by atoms with Crippen LogP contribution in [0.4, 0.5) is 0 Å². The summed E-state index contributed by atoms with van der Waals surface area (Å²) in [4.78, 5) is 41.9. The number of aliphatic hydroxyl groups excluding tert-OH is 3. The molecule has 3 N–H and O–H groups in total. The van der Waals surface area contributed by atoms with Gasteiger partial charge in [0.15, 0.2) is 21.4 Å². The zero-order chi connectivity index (χ0) is 41.2. The van der Waals surface area contributed by atoms with E-state index in [1.807, 2.05) is 31.2 Å². The van der Waals surface area contributed by atoms with Gasteiger partial charge in [0.25, 0.3) is 0 Å². The number of esters is 1. The van der Waals surface area contributed by atoms with Gasteiger partial charge in [0.1, 0.15) is 18.3 Å². The minimum Gasteiger partial charge on any atom is -0.460 e. The summed E-state index contributed by atoms with van der Waals surface area (Å²) in [5, 5.41) is 34.0. The zero-order valence-corrected chi connectivity index (χ0v) is 35.0. The average Bonchev–Trinajstić information content (AvgIpc) is 3.20. The van der Waals surface area contributed by atoms with Gasteiger partial charge >= 0.3 is 5.97 Å². The van der Waals surface area contributed by atoms with E-state index in [0.29, 0.717) is 23.0 Å². The lowest BCUT2D eigenvalue weighted by Gasteiger charge is -2.47. The van der Waals surface area contributed by atoms with E-state index in [1.54, 1.807) is 30.9 Å². The second-order valence-corrected chi connectivity index (χ2v) is 18.8. The fourth-order valence-corrected chi connectivity index (χ4v) is 9.25. The minimum absolute atomic E-state index is 0.0629. The highest BCUT2D eigenvalue weighted by molar-refractivity contribution is 7.91. The first kappa shape index (κ1) is 46.2. The van der Waals surface area contributed by atoms with Crippen LogP contribution in [0.1, 0.15) is 75.2 Å². The van der Waals surface area contributed by atoms with Crippen molar-refractivity contribution in [1.29, 1.82) is 0 Å². The quantitative estimate of drug-likeness (QED) is 0.110. The van der Waals surface area contributed by atoms with Gasteiger partial charge < -0.3 is 20.1 Å². The predicted octanol–water partition coefficient (Wildman–Crippen LogP) is 5.52. The molecule has 55 heavy (non-hydrogen) atoms. The number of ether oxygens (including phenoxy) is 1. The first-order chi connectivity index (χ1) is 25.7. The molecule has 3 aliphatic rings. The Balaban J connectivity index is 1.96. The number of sulfone groups is 1. The number of Topliss-reactive ketones (excluding diaryl/α,β-unsaturated/α-hetero) is 2. The Bertz CT molecular complexity index is 1680. The third-order valence-corrected chi connectivity index (χ3v) is 12.4. The monoisotopic (exact) mass is 783 g/mol. The van der Waals surface area contributed by atoms with Crippen LogP contribution >= 0.6 is 0 Å². The maximum absolute atomic E-state index is 13.9. The molecule has 10 atom stereocenters. The molecule has 3 rings (SSSR count). The number of ketones is 2. The Morgan fingerprint density at radius 3 is 1.87 bits per heavy atom. The van der Waals surface area contributed by atoms with Crippen LogP contribution in [0.25, 0.3) is 0 Å². The fourth-order valence-electron chi connectivity index (χ4n) is 7.66. The van der Waals surface area contributed by atoms with E-state index in [2.05, 4.69) is 58.9 Å². The molecular formula is C44H65NO9S. The van der Waals surface area contributed by atoms with Gasteiger partial charge in [0.2, 0.25) is 0 Å². The molecule has 0 spiro atoms. The molecule has 1 heterocycles. The minimum atomic E-state index is -3.79. The summed E-state index contributed by atoms with van der Waals surface area (Å²) < 4.78 is 32.3. The second-order valence-electron chi connectivity index (χ2n) is 16.6. The SMILES string of the molecule is CC(=O)OC1C(C(C)=CC=CC(C)C=CCC(C)C)C(O)C(=O)C2CS(=O)(=O)CCN(CC3=CC(O)C(C(C)=CC=CC(C)C=CCC(C)C)C(O)C3=O)C21. The van der Waals surface area contributed by atoms with E-state index in [9.17, 15) is 38.1 Å². The standard InChI is InChI=1S/C44H65NO9S/c1-27(2)14-10-16-29(5)18-12-20-31(7)37-36(47)24-34(40(48)42(37)50)25-45-22-23-55(52,53)26-35-39(45)44(54-33(9)46)38(43(51)41(35)49)32(8)21-13-19-30(6)17-11-15-28(3)4/h10-13,16-21,24,27-30,35-39,42-44,47,50-51H,14-15,22-23,25-26H2,1-9H3. The number of hydrogen-bond donors (Lipinski definition) is 3. The number of carbonyl (C=O) groups is 3. The van der Waals surface area contributed by atoms with Crippen LogP contribution < -0.4 is 0 Å². The number of carbonyl (C=O) groups excluding carboxylic acids is 3. The molecule has 2 fully saturated rings. The largest absolute Gasteiger partial charge is 0.460 e. The van der Waals surface area contributed by atoms with E-state index in [1.165, 1.54) is 13.0 Å². The summed E-state index contributed by atoms with van der Waals surface area (Å²) in [5.74, 6) is -4.63. The highest BCUT2D eigenvalue weighted by Gasteiger charge is 2.56. The molecular weight excluding hydrogens is 719 g/mol. The van der Waals surface area contributed by atoms with Crippen molar-refractivity contribution in [1.82, 2.24) is 4.90 Å². The molecule has 10 unspecified atom stereocenters. The maximum Gasteiger partial charge on any atom is 0.302 e. The number of nitrogens with zero attached hydrogens (tertiary/aromatic N) is 1. The fraction of sp³-hybridized carbons (Fsp3) is 0.614. The van der Waals surface area contributed by atoms with Crippen LogP contribution in [0.3, 0.4) is 0 Å². The third-order valence-electron chi connectivity index (χ3n) is 10.7. The summed E-state index contributed by atoms with van der Waals surface area (Å²) in [6.45, 7) is 17.1. The van der Waals surface area contributed by atoms with Crippen molar-refractivity contribution in [2.75, 3.05) is 24.6 Å². The zero-order valence-electron chi connectivity index (χ0n) is 34.2. The summed E-state index contributed by atoms with van der Waals surface area (Å²) in [6.07, 6.45) is 17.4. The highest BCUT2D eigenvalue weighted by Crippen LogP contribution is 2.40. The maximum atomic E-state index is 13.9. The van der Waals surface area contributed by atoms with Crippen molar-refractivity contribution in [3.05, 3.63) is 83.6 Å². The van der Waals surface area contributed by atoms with Crippen molar-refractivity contribution in [3.63, 3.8) is 0 Å². The molecule has 306 valence electrons. The van der Waals surface area contributed by atoms with Gasteiger partial charge in [-0.25, -0.2) is 8.42 Å². The van der Waals surface area contributed by atoms with E-state index in [0.717, 1.165) is 12.8 Å². The first-order valence-electron chi connectivity index (χ1n) is 19.7. The van der Waals surface area contributed by atoms with Crippen molar-refractivity contribution >= 4 is 27.4 Å². The smallest absolute Gasteiger partial charge is 0.302 e. The van der Waals surface area contributed by atoms with Crippen LogP contribution in [-0.2, 0) is 29.0 Å². The average molecular weight is 784 g/mol. The van der Waals surface area contributed by atoms with Crippen molar-refractivity contribution in [2.45, 2.75) is 106 Å². The normalized spacial score (nSPS) is 31.1. The third kappa shape index (κ3) is 13.2. The lowest BCUT2D eigenvalue weighted by atomic mass is 9.70. The summed E-state index contributed by atoms with van der Waals surface area (Å²) in [6, 6.07) is -1.02. The molecule has 10 nitrogen and oxygen atoms in total. The van der Waals surface area contributed by atoms with E-state index in [4.69, 9.17) is 4.74 Å². The van der Waals surface area contributed by atoms with Crippen molar-refractivity contribution in [3.8, 4) is 0 Å². The van der Waals surface area contributed by atoms with Gasteiger partial charge in [-0.15, -0.1) is 0 Å². The van der Waals surface area contributed by atoms with Gasteiger partial charge in [-0.3, -0.25) is 19.3 Å². The summed E-state index contributed by atoms with van der Waals surface area (Å²) in [7, 11) is -3.79. The van der Waals surface area contributed by atoms with Gasteiger partial charge in [-0.2, -0.15) is 0 Å². The molecule has 0 bridgehead atoms. The van der Waals surface area contributed by atoms with Crippen LogP contribution in [-0.4, -0.2) is 101 Å². The van der Waals surface area contributed by atoms with Gasteiger partial charge in [-0.05, 0) is 56.4 Å². The number of rotatable bonds is 15. The first-order valence-corrected chi connectivity index (χ1v) is 21.5. The number of allylic oxidation sites excluding steroid dienone is 10. The Morgan fingerprint density at radius 1 is 0.836 bits per heavy atom. The predicted molar refractivity (Wildman–Crippen MR) is 217 cm³/mol. The Morgan fingerprint density at radius 2 is 1.36 bits per heavy atom. The molecule has 0 aromatic rings. The molecule has 1 saturated heterocycles. The lowest BCUT2D eigenvalue weighted by Crippen LogP contribution is -2.64. The second kappa shape index (κ2) is 20.8. The summed E-state index contributed by atoms with van der Waals surface area (Å²) >= 11 is 0. The highest BCUT2D eigenvalue weighted by atomic mass is 32.2. The number of aliphatic hydroxyl groups is 3. The van der Waals surface area contributed by atoms with E-state index < -0.39 is 81.3 Å². The lowest BCUT2D eigenvalue weighted by molar-refractivity contribution is -0.170. The molecule has 0 radical (unpaired) electrons. The topological polar surface area (TPSA) is 159 Å². The molecule has 1 aliphatic heterocycles. The Hall–Kier alpha value is -3.22. The van der Waals surface area contributed by atoms with Gasteiger partial charge in [-0.1, -0.05) is 113 Å². The molecule has 11 heteroatoms. The Labute approximate surface area is 329 Å². The van der Waals surface area contributed by atoms with E-state index >= 15 is 0 Å². The molecule has 1 saturated carbocycles. The molecule has 0 aromatic heterocycles. The Kier molecular flexibility index (Phi) is 17.5. The van der Waals surface area contributed by atoms with Crippen molar-refractivity contribution < 1.29 is 42.9 Å².